The number of rotatable bonds is 4. The van der Waals surface area contributed by atoms with Gasteiger partial charge in [0, 0.05) is 25.0 Å². The average molecular weight is 254 g/mol. The zero-order valence-electron chi connectivity index (χ0n) is 11.5. The van der Waals surface area contributed by atoms with Crippen molar-refractivity contribution >= 4 is 5.69 Å². The van der Waals surface area contributed by atoms with Crippen molar-refractivity contribution < 1.29 is 0 Å². The molecule has 0 radical (unpaired) electrons. The maximum Gasteiger partial charge on any atom is 0.0991 e. The summed E-state index contributed by atoms with van der Waals surface area (Å²) in [5.41, 5.74) is 2.81. The summed E-state index contributed by atoms with van der Waals surface area (Å²) in [5.74, 6) is 0. The lowest BCUT2D eigenvalue weighted by Crippen LogP contribution is -2.17. The zero-order chi connectivity index (χ0) is 13.8. The van der Waals surface area contributed by atoms with Crippen LogP contribution in [0.25, 0.3) is 0 Å². The van der Waals surface area contributed by atoms with Crippen molar-refractivity contribution in [3.63, 3.8) is 0 Å². The van der Waals surface area contributed by atoms with Crippen LogP contribution >= 0.6 is 0 Å². The molecule has 98 valence electrons. The standard InChI is InChI=1S/C15H18N4/c1-12(2)19-9-8-14(17-19)11-18(3)15-6-4-13(10-16)5-7-15/h4-9,12H,11H2,1-3H3. The van der Waals surface area contributed by atoms with E-state index in [-0.39, 0.29) is 0 Å². The summed E-state index contributed by atoms with van der Waals surface area (Å²) in [6, 6.07) is 12.1. The fourth-order valence-electron chi connectivity index (χ4n) is 1.87. The van der Waals surface area contributed by atoms with Crippen LogP contribution in [-0.4, -0.2) is 16.8 Å². The van der Waals surface area contributed by atoms with Crippen molar-refractivity contribution in [2.75, 3.05) is 11.9 Å². The van der Waals surface area contributed by atoms with Crippen molar-refractivity contribution in [2.45, 2.75) is 26.4 Å². The van der Waals surface area contributed by atoms with Gasteiger partial charge < -0.3 is 4.90 Å². The van der Waals surface area contributed by atoms with Crippen molar-refractivity contribution in [1.29, 1.82) is 5.26 Å². The number of hydrogen-bond acceptors (Lipinski definition) is 3. The van der Waals surface area contributed by atoms with E-state index < -0.39 is 0 Å². The lowest BCUT2D eigenvalue weighted by molar-refractivity contribution is 0.526. The van der Waals surface area contributed by atoms with Gasteiger partial charge in [0.2, 0.25) is 0 Å². The summed E-state index contributed by atoms with van der Waals surface area (Å²) in [5, 5.41) is 13.3. The Morgan fingerprint density at radius 3 is 2.47 bits per heavy atom. The first-order valence-electron chi connectivity index (χ1n) is 6.35. The van der Waals surface area contributed by atoms with Crippen LogP contribution in [0.1, 0.15) is 31.1 Å². The molecule has 0 bridgehead atoms. The zero-order valence-corrected chi connectivity index (χ0v) is 11.5. The van der Waals surface area contributed by atoms with Crippen LogP contribution in [0.3, 0.4) is 0 Å². The molecular formula is C15H18N4. The Bertz CT molecular complexity index is 575. The summed E-state index contributed by atoms with van der Waals surface area (Å²) >= 11 is 0. The highest BCUT2D eigenvalue weighted by Crippen LogP contribution is 2.16. The first-order chi connectivity index (χ1) is 9.10. The highest BCUT2D eigenvalue weighted by molar-refractivity contribution is 5.49. The Hall–Kier alpha value is -2.28. The van der Waals surface area contributed by atoms with Crippen LogP contribution in [0, 0.1) is 11.3 Å². The molecule has 0 fully saturated rings. The summed E-state index contributed by atoms with van der Waals surface area (Å²) in [6.45, 7) is 4.98. The molecule has 4 nitrogen and oxygen atoms in total. The molecule has 0 spiro atoms. The summed E-state index contributed by atoms with van der Waals surface area (Å²) < 4.78 is 1.96. The topological polar surface area (TPSA) is 44.9 Å². The normalized spacial score (nSPS) is 10.5. The Kier molecular flexibility index (Phi) is 3.86. The molecule has 0 saturated heterocycles. The molecule has 0 unspecified atom stereocenters. The number of nitrogens with zero attached hydrogens (tertiary/aromatic N) is 4. The molecule has 0 amide bonds. The van der Waals surface area contributed by atoms with Gasteiger partial charge in [0.15, 0.2) is 0 Å². The van der Waals surface area contributed by atoms with Gasteiger partial charge in [0.05, 0.1) is 23.9 Å². The first kappa shape index (κ1) is 13.2. The molecule has 0 N–H and O–H groups in total. The van der Waals surface area contributed by atoms with Gasteiger partial charge in [-0.1, -0.05) is 0 Å². The molecule has 0 aliphatic carbocycles. The Balaban J connectivity index is 2.07. The molecule has 0 aliphatic rings. The summed E-state index contributed by atoms with van der Waals surface area (Å²) in [6.07, 6.45) is 2.01. The van der Waals surface area contributed by atoms with Crippen molar-refractivity contribution in [3.8, 4) is 6.07 Å². The van der Waals surface area contributed by atoms with E-state index in [1.165, 1.54) is 0 Å². The van der Waals surface area contributed by atoms with Gasteiger partial charge in [-0.05, 0) is 44.2 Å². The largest absolute Gasteiger partial charge is 0.369 e. The lowest BCUT2D eigenvalue weighted by Gasteiger charge is -2.18. The van der Waals surface area contributed by atoms with E-state index in [4.69, 9.17) is 5.26 Å². The lowest BCUT2D eigenvalue weighted by atomic mass is 10.2. The third-order valence-electron chi connectivity index (χ3n) is 3.03. The quantitative estimate of drug-likeness (QED) is 0.842. The predicted octanol–water partition coefficient (Wildman–Crippen LogP) is 2.97. The molecule has 0 saturated carbocycles. The number of benzene rings is 1. The second-order valence-corrected chi connectivity index (χ2v) is 4.90. The van der Waals surface area contributed by atoms with E-state index >= 15 is 0 Å². The second-order valence-electron chi connectivity index (χ2n) is 4.90. The molecule has 1 aromatic carbocycles. The van der Waals surface area contributed by atoms with E-state index in [1.54, 1.807) is 0 Å². The van der Waals surface area contributed by atoms with E-state index in [0.29, 0.717) is 11.6 Å². The van der Waals surface area contributed by atoms with E-state index in [0.717, 1.165) is 17.9 Å². The fraction of sp³-hybridized carbons (Fsp3) is 0.333. The predicted molar refractivity (Wildman–Crippen MR) is 75.9 cm³/mol. The Morgan fingerprint density at radius 2 is 1.95 bits per heavy atom. The number of hydrogen-bond donors (Lipinski definition) is 0. The highest BCUT2D eigenvalue weighted by Gasteiger charge is 2.06. The van der Waals surface area contributed by atoms with Crippen molar-refractivity contribution in [2.24, 2.45) is 0 Å². The van der Waals surface area contributed by atoms with Crippen molar-refractivity contribution in [1.82, 2.24) is 9.78 Å². The van der Waals surface area contributed by atoms with Crippen LogP contribution in [0.15, 0.2) is 36.5 Å². The Morgan fingerprint density at radius 1 is 1.26 bits per heavy atom. The first-order valence-corrected chi connectivity index (χ1v) is 6.35. The van der Waals surface area contributed by atoms with Crippen LogP contribution in [0.5, 0.6) is 0 Å². The monoisotopic (exact) mass is 254 g/mol. The molecule has 19 heavy (non-hydrogen) atoms. The molecule has 1 heterocycles. The van der Waals surface area contributed by atoms with Gasteiger partial charge in [-0.3, -0.25) is 4.68 Å². The molecule has 4 heteroatoms. The number of aromatic nitrogens is 2. The third-order valence-corrected chi connectivity index (χ3v) is 3.03. The van der Waals surface area contributed by atoms with Crippen LogP contribution < -0.4 is 4.90 Å². The fourth-order valence-corrected chi connectivity index (χ4v) is 1.87. The number of nitriles is 1. The van der Waals surface area contributed by atoms with E-state index in [1.807, 2.05) is 48.3 Å². The smallest absolute Gasteiger partial charge is 0.0991 e. The van der Waals surface area contributed by atoms with Crippen molar-refractivity contribution in [3.05, 3.63) is 47.8 Å². The van der Waals surface area contributed by atoms with Crippen LogP contribution in [0.2, 0.25) is 0 Å². The second kappa shape index (κ2) is 5.57. The van der Waals surface area contributed by atoms with Gasteiger partial charge in [-0.15, -0.1) is 0 Å². The van der Waals surface area contributed by atoms with E-state index in [2.05, 4.69) is 29.9 Å². The minimum absolute atomic E-state index is 0.383. The number of anilines is 1. The highest BCUT2D eigenvalue weighted by atomic mass is 15.3. The van der Waals surface area contributed by atoms with Crippen LogP contribution in [0.4, 0.5) is 5.69 Å². The van der Waals surface area contributed by atoms with E-state index in [9.17, 15) is 0 Å². The maximum absolute atomic E-state index is 8.78. The maximum atomic E-state index is 8.78. The van der Waals surface area contributed by atoms with Crippen LogP contribution in [-0.2, 0) is 6.54 Å². The molecular weight excluding hydrogens is 236 g/mol. The SMILES string of the molecule is CC(C)n1ccc(CN(C)c2ccc(C#N)cc2)n1. The minimum Gasteiger partial charge on any atom is -0.369 e. The van der Waals surface area contributed by atoms with Gasteiger partial charge in [0.25, 0.3) is 0 Å². The molecule has 0 aliphatic heterocycles. The minimum atomic E-state index is 0.383. The van der Waals surface area contributed by atoms with Gasteiger partial charge >= 0.3 is 0 Å². The summed E-state index contributed by atoms with van der Waals surface area (Å²) in [4.78, 5) is 2.12. The average Bonchev–Trinajstić information content (AvgIpc) is 2.87. The Labute approximate surface area is 113 Å². The molecule has 2 rings (SSSR count). The van der Waals surface area contributed by atoms with Gasteiger partial charge in [-0.2, -0.15) is 10.4 Å². The molecule has 0 atom stereocenters. The molecule has 2 aromatic rings. The summed E-state index contributed by atoms with van der Waals surface area (Å²) in [7, 11) is 2.02. The third kappa shape index (κ3) is 3.14. The van der Waals surface area contributed by atoms with Gasteiger partial charge in [-0.25, -0.2) is 0 Å². The van der Waals surface area contributed by atoms with Gasteiger partial charge in [0.1, 0.15) is 0 Å². The molecule has 1 aromatic heterocycles.